The Labute approximate surface area is 414 Å². The molecule has 398 valence electrons. The van der Waals surface area contributed by atoms with Crippen LogP contribution < -0.4 is 4.74 Å². The molecule has 0 saturated carbocycles. The van der Waals surface area contributed by atoms with Crippen molar-refractivity contribution in [1.29, 1.82) is 0 Å². The van der Waals surface area contributed by atoms with Gasteiger partial charge >= 0.3 is 5.97 Å². The summed E-state index contributed by atoms with van der Waals surface area (Å²) in [6.45, 7) is 17.0. The Morgan fingerprint density at radius 1 is 0.957 bits per heavy atom. The summed E-state index contributed by atoms with van der Waals surface area (Å²) in [4.78, 5) is 30.9. The Hall–Kier alpha value is -3.15. The molecule has 0 radical (unpaired) electrons. The van der Waals surface area contributed by atoms with Crippen molar-refractivity contribution >= 4 is 21.6 Å². The highest BCUT2D eigenvalue weighted by Gasteiger charge is 2.54. The van der Waals surface area contributed by atoms with Gasteiger partial charge in [0, 0.05) is 82.8 Å². The number of Topliss-reactive ketones (excluding diaryl/α,β-unsaturated/α-hetero) is 1. The molecule has 20 heteroatoms. The first-order chi connectivity index (χ1) is 32.8. The van der Waals surface area contributed by atoms with Crippen LogP contribution in [0.1, 0.15) is 100 Å². The molecule has 1 aromatic heterocycles. The number of ketones is 1. The van der Waals surface area contributed by atoms with E-state index in [1.807, 2.05) is 32.0 Å². The first-order valence-electron chi connectivity index (χ1n) is 24.8. The Morgan fingerprint density at radius 2 is 1.63 bits per heavy atom. The number of cyclic esters (lactones) is 1. The molecular weight excluding hydrogens is 929 g/mol. The number of aryl methyl sites for hydroxylation is 1. The standard InChI is InChI=1S/C50H82N4O15S/c1-14-40-50(9,60)45(57)32(6)42(55)28(2)24-38(63-11)44(30(4)41(31(5)47(59)68-40)39-26-49(8,64-12)46(58)33(7)67-39)69-48-43(56)37(25-29(3)66-48)53(10)22-20-34-27-54(52-51-34)21-15-23-65-35-16-18-36(19-17-35)70(13,61)62/h16-19,27-33,37-41,43-46,48,56-58,60H,14-15,20-26H2,1-13H3/t28-,29-,30+,31-,32+,33+,37+,38-,39-,40-,41?,43-,44-,45-,46+,48+,49-,50-/m1/s1. The maximum atomic E-state index is 14.5. The van der Waals surface area contributed by atoms with Gasteiger partial charge in [-0.15, -0.1) is 5.10 Å². The summed E-state index contributed by atoms with van der Waals surface area (Å²) in [5, 5.41) is 55.5. The summed E-state index contributed by atoms with van der Waals surface area (Å²) >= 11 is 0. The molecule has 4 N–H and O–H groups in total. The number of aliphatic hydroxyl groups excluding tert-OH is 3. The number of likely N-dealkylation sites (N-methyl/N-ethyl adjacent to an activating group) is 1. The van der Waals surface area contributed by atoms with Crippen LogP contribution in [-0.4, -0.2) is 180 Å². The van der Waals surface area contributed by atoms with Crippen LogP contribution >= 0.6 is 0 Å². The number of ether oxygens (including phenoxy) is 7. The normalized spacial score (nSPS) is 38.5. The van der Waals surface area contributed by atoms with Gasteiger partial charge < -0.3 is 58.5 Å². The Balaban J connectivity index is 1.37. The number of benzene rings is 1. The zero-order valence-corrected chi connectivity index (χ0v) is 44.3. The van der Waals surface area contributed by atoms with Gasteiger partial charge in [0.25, 0.3) is 0 Å². The number of esters is 1. The molecule has 0 spiro atoms. The number of carbonyl (C=O) groups is 2. The summed E-state index contributed by atoms with van der Waals surface area (Å²) in [6, 6.07) is 5.88. The lowest BCUT2D eigenvalue weighted by atomic mass is 9.70. The second-order valence-corrected chi connectivity index (χ2v) is 22.8. The largest absolute Gasteiger partial charge is 0.494 e. The highest BCUT2D eigenvalue weighted by molar-refractivity contribution is 7.90. The quantitative estimate of drug-likeness (QED) is 0.139. The number of methoxy groups -OCH3 is 2. The number of aliphatic hydroxyl groups is 4. The Kier molecular flexibility index (Phi) is 20.0. The lowest BCUT2D eigenvalue weighted by Crippen LogP contribution is -2.61. The smallest absolute Gasteiger partial charge is 0.309 e. The van der Waals surface area contributed by atoms with E-state index in [2.05, 4.69) is 10.3 Å². The van der Waals surface area contributed by atoms with E-state index < -0.39 is 118 Å². The van der Waals surface area contributed by atoms with Crippen LogP contribution in [0.4, 0.5) is 0 Å². The fourth-order valence-electron chi connectivity index (χ4n) is 10.8. The molecule has 19 nitrogen and oxygen atoms in total. The first kappa shape index (κ1) is 57.7. The average molecular weight is 1010 g/mol. The molecule has 2 aromatic rings. The maximum absolute atomic E-state index is 14.5. The molecular formula is C50H82N4O15S. The lowest BCUT2D eigenvalue weighted by Gasteiger charge is -2.50. The van der Waals surface area contributed by atoms with E-state index in [4.69, 9.17) is 33.2 Å². The third kappa shape index (κ3) is 13.5. The molecule has 0 bridgehead atoms. The molecule has 1 aromatic carbocycles. The van der Waals surface area contributed by atoms with Crippen LogP contribution in [0.5, 0.6) is 5.75 Å². The summed E-state index contributed by atoms with van der Waals surface area (Å²) in [6.07, 6.45) is -4.40. The van der Waals surface area contributed by atoms with E-state index >= 15 is 0 Å². The lowest BCUT2D eigenvalue weighted by molar-refractivity contribution is -0.293. The highest BCUT2D eigenvalue weighted by Crippen LogP contribution is 2.44. The zero-order valence-electron chi connectivity index (χ0n) is 43.5. The van der Waals surface area contributed by atoms with Crippen molar-refractivity contribution in [2.24, 2.45) is 29.6 Å². The molecule has 18 atom stereocenters. The fourth-order valence-corrected chi connectivity index (χ4v) is 11.5. The van der Waals surface area contributed by atoms with Gasteiger partial charge in [0.15, 0.2) is 16.1 Å². The van der Waals surface area contributed by atoms with E-state index in [0.29, 0.717) is 44.7 Å². The number of hydrogen-bond donors (Lipinski definition) is 4. The SMILES string of the molecule is CC[C@H]1OC(=O)[C@H](C)C([C@H]2C[C@@](C)(OC)[C@@H](O)[C@H](C)O2)[C@H](C)[C@@H](O[C@@H]2O[C@H](C)C[C@H](N(C)CCc3cn(CCCOc4ccc(S(C)(=O)=O)cc4)nn3)[C@H]2O)[C@H](OC)C[C@@H](C)C(=O)[C@H](C)[C@@H](O)[C@]1(C)O. The van der Waals surface area contributed by atoms with Crippen molar-refractivity contribution in [3.8, 4) is 5.75 Å². The van der Waals surface area contributed by atoms with Gasteiger partial charge in [0.2, 0.25) is 0 Å². The molecule has 4 heterocycles. The predicted octanol–water partition coefficient (Wildman–Crippen LogP) is 3.40. The van der Waals surface area contributed by atoms with Crippen LogP contribution in [-0.2, 0) is 60.8 Å². The van der Waals surface area contributed by atoms with Crippen molar-refractivity contribution in [3.63, 3.8) is 0 Å². The minimum Gasteiger partial charge on any atom is -0.494 e. The van der Waals surface area contributed by atoms with E-state index in [9.17, 15) is 38.4 Å². The van der Waals surface area contributed by atoms with Gasteiger partial charge in [0.05, 0.1) is 65.3 Å². The van der Waals surface area contributed by atoms with Crippen molar-refractivity contribution in [3.05, 3.63) is 36.2 Å². The molecule has 3 aliphatic heterocycles. The van der Waals surface area contributed by atoms with Gasteiger partial charge in [-0.05, 0) is 84.2 Å². The molecule has 0 amide bonds. The van der Waals surface area contributed by atoms with Gasteiger partial charge in [-0.3, -0.25) is 14.3 Å². The van der Waals surface area contributed by atoms with Crippen LogP contribution in [0, 0.1) is 29.6 Å². The summed E-state index contributed by atoms with van der Waals surface area (Å²) < 4.78 is 69.3. The van der Waals surface area contributed by atoms with Crippen molar-refractivity contribution in [1.82, 2.24) is 19.9 Å². The molecule has 3 fully saturated rings. The topological polar surface area (TPSA) is 248 Å². The third-order valence-corrected chi connectivity index (χ3v) is 16.5. The number of carbonyl (C=O) groups excluding carboxylic acids is 2. The monoisotopic (exact) mass is 1010 g/mol. The molecule has 3 saturated heterocycles. The minimum atomic E-state index is -3.29. The van der Waals surface area contributed by atoms with E-state index in [-0.39, 0.29) is 36.0 Å². The minimum absolute atomic E-state index is 0.124. The number of nitrogens with zero attached hydrogens (tertiary/aromatic N) is 4. The van der Waals surface area contributed by atoms with Gasteiger partial charge in [0.1, 0.15) is 35.4 Å². The average Bonchev–Trinajstić information content (AvgIpc) is 3.78. The van der Waals surface area contributed by atoms with Crippen LogP contribution in [0.3, 0.4) is 0 Å². The molecule has 5 rings (SSSR count). The highest BCUT2D eigenvalue weighted by atomic mass is 32.2. The van der Waals surface area contributed by atoms with Gasteiger partial charge in [-0.1, -0.05) is 39.8 Å². The molecule has 1 unspecified atom stereocenters. The summed E-state index contributed by atoms with van der Waals surface area (Å²) in [7, 11) is 1.66. The molecule has 70 heavy (non-hydrogen) atoms. The van der Waals surface area contributed by atoms with Gasteiger partial charge in [-0.25, -0.2) is 8.42 Å². The molecule has 0 aliphatic carbocycles. The van der Waals surface area contributed by atoms with Crippen molar-refractivity contribution in [2.75, 3.05) is 40.7 Å². The van der Waals surface area contributed by atoms with Gasteiger partial charge in [-0.2, -0.15) is 0 Å². The Bertz CT molecular complexity index is 2110. The van der Waals surface area contributed by atoms with E-state index in [1.165, 1.54) is 33.3 Å². The van der Waals surface area contributed by atoms with E-state index in [1.54, 1.807) is 58.4 Å². The fraction of sp³-hybridized carbons (Fsp3) is 0.800. The zero-order chi connectivity index (χ0) is 52.0. The Morgan fingerprint density at radius 3 is 2.24 bits per heavy atom. The maximum Gasteiger partial charge on any atom is 0.309 e. The summed E-state index contributed by atoms with van der Waals surface area (Å²) in [5.41, 5.74) is -2.27. The number of rotatable bonds is 16. The van der Waals surface area contributed by atoms with Crippen molar-refractivity contribution < 1.29 is 71.6 Å². The number of hydrogen-bond acceptors (Lipinski definition) is 18. The van der Waals surface area contributed by atoms with Crippen LogP contribution in [0.2, 0.25) is 0 Å². The third-order valence-electron chi connectivity index (χ3n) is 15.4. The van der Waals surface area contributed by atoms with Crippen LogP contribution in [0.25, 0.3) is 0 Å². The number of aromatic nitrogens is 3. The summed E-state index contributed by atoms with van der Waals surface area (Å²) in [5.74, 6) is -4.40. The van der Waals surface area contributed by atoms with Crippen molar-refractivity contribution in [2.45, 2.75) is 191 Å². The van der Waals surface area contributed by atoms with Crippen LogP contribution in [0.15, 0.2) is 35.4 Å². The predicted molar refractivity (Wildman–Crippen MR) is 257 cm³/mol. The molecule has 3 aliphatic rings. The van der Waals surface area contributed by atoms with E-state index in [0.717, 1.165) is 11.9 Å². The first-order valence-corrected chi connectivity index (χ1v) is 26.7. The second kappa shape index (κ2) is 24.3. The second-order valence-electron chi connectivity index (χ2n) is 20.7. The number of sulfone groups is 1.